The van der Waals surface area contributed by atoms with E-state index in [9.17, 15) is 0 Å². The summed E-state index contributed by atoms with van der Waals surface area (Å²) in [4.78, 5) is 0. The van der Waals surface area contributed by atoms with Gasteiger partial charge >= 0.3 is 0 Å². The molecule has 0 aliphatic heterocycles. The molecule has 0 saturated heterocycles. The molecule has 23 heavy (non-hydrogen) atoms. The van der Waals surface area contributed by atoms with Gasteiger partial charge in [-0.25, -0.2) is 0 Å². The molecule has 124 valence electrons. The first-order valence-corrected chi connectivity index (χ1v) is 8.87. The number of rotatable bonds is 11. The Kier molecular flexibility index (Phi) is 8.46. The minimum atomic E-state index is 0.716. The fraction of sp³-hybridized carbons (Fsp3) is 0.429. The SMILES string of the molecule is NCCCNCC(CCc1ccccc1)CCc1ccccc1. The molecule has 2 heteroatoms. The first-order chi connectivity index (χ1) is 11.4. The molecular weight excluding hydrogens is 280 g/mol. The lowest BCUT2D eigenvalue weighted by molar-refractivity contribution is 0.417. The van der Waals surface area contributed by atoms with E-state index in [2.05, 4.69) is 66.0 Å². The third-order valence-corrected chi connectivity index (χ3v) is 4.36. The standard InChI is InChI=1S/C21H30N2/c22-16-7-17-23-18-21(14-12-19-8-3-1-4-9-19)15-13-20-10-5-2-6-11-20/h1-6,8-11,21,23H,7,12-18,22H2. The van der Waals surface area contributed by atoms with Crippen LogP contribution in [0.4, 0.5) is 0 Å². The van der Waals surface area contributed by atoms with Crippen molar-refractivity contribution in [3.05, 3.63) is 71.8 Å². The molecule has 2 aromatic rings. The number of aryl methyl sites for hydroxylation is 2. The van der Waals surface area contributed by atoms with Gasteiger partial charge in [0.2, 0.25) is 0 Å². The molecule has 0 atom stereocenters. The van der Waals surface area contributed by atoms with Gasteiger partial charge in [0.25, 0.3) is 0 Å². The van der Waals surface area contributed by atoms with Crippen molar-refractivity contribution in [2.45, 2.75) is 32.1 Å². The Balaban J connectivity index is 1.80. The molecule has 0 fully saturated rings. The molecule has 0 bridgehead atoms. The van der Waals surface area contributed by atoms with E-state index < -0.39 is 0 Å². The molecule has 0 heterocycles. The van der Waals surface area contributed by atoms with Gasteiger partial charge in [0.1, 0.15) is 0 Å². The van der Waals surface area contributed by atoms with Crippen LogP contribution in [0.3, 0.4) is 0 Å². The van der Waals surface area contributed by atoms with Gasteiger partial charge in [-0.1, -0.05) is 60.7 Å². The number of hydrogen-bond acceptors (Lipinski definition) is 2. The highest BCUT2D eigenvalue weighted by molar-refractivity contribution is 5.16. The third kappa shape index (κ3) is 7.45. The fourth-order valence-electron chi connectivity index (χ4n) is 2.91. The molecule has 0 aliphatic carbocycles. The van der Waals surface area contributed by atoms with Crippen molar-refractivity contribution in [1.82, 2.24) is 5.32 Å². The van der Waals surface area contributed by atoms with Gasteiger partial charge in [-0.3, -0.25) is 0 Å². The van der Waals surface area contributed by atoms with Crippen LogP contribution in [0.25, 0.3) is 0 Å². The first-order valence-electron chi connectivity index (χ1n) is 8.87. The number of benzene rings is 2. The van der Waals surface area contributed by atoms with Crippen LogP contribution >= 0.6 is 0 Å². The highest BCUT2D eigenvalue weighted by atomic mass is 14.9. The molecule has 2 aromatic carbocycles. The zero-order valence-corrected chi connectivity index (χ0v) is 14.1. The Bertz CT molecular complexity index is 466. The van der Waals surface area contributed by atoms with E-state index in [1.54, 1.807) is 0 Å². The summed E-state index contributed by atoms with van der Waals surface area (Å²) < 4.78 is 0. The smallest absolute Gasteiger partial charge is 0.00203 e. The second-order valence-corrected chi connectivity index (χ2v) is 6.26. The number of nitrogens with two attached hydrogens (primary N) is 1. The van der Waals surface area contributed by atoms with E-state index in [4.69, 9.17) is 5.73 Å². The molecule has 0 aromatic heterocycles. The van der Waals surface area contributed by atoms with Gasteiger partial charge in [0.05, 0.1) is 0 Å². The average Bonchev–Trinajstić information content (AvgIpc) is 2.62. The zero-order valence-electron chi connectivity index (χ0n) is 14.1. The van der Waals surface area contributed by atoms with Crippen LogP contribution in [0, 0.1) is 5.92 Å². The predicted octanol–water partition coefficient (Wildman–Crippen LogP) is 3.81. The Morgan fingerprint density at radius 1 is 0.783 bits per heavy atom. The second kappa shape index (κ2) is 11.0. The summed E-state index contributed by atoms with van der Waals surface area (Å²) in [5, 5.41) is 3.58. The molecule has 2 rings (SSSR count). The monoisotopic (exact) mass is 310 g/mol. The molecular formula is C21H30N2. The van der Waals surface area contributed by atoms with Gasteiger partial charge in [0.15, 0.2) is 0 Å². The summed E-state index contributed by atoms with van der Waals surface area (Å²) in [7, 11) is 0. The third-order valence-electron chi connectivity index (χ3n) is 4.36. The van der Waals surface area contributed by atoms with Crippen molar-refractivity contribution in [1.29, 1.82) is 0 Å². The summed E-state index contributed by atoms with van der Waals surface area (Å²) in [6.07, 6.45) is 5.88. The molecule has 3 N–H and O–H groups in total. The molecule has 0 unspecified atom stereocenters. The Labute approximate surface area is 141 Å². The minimum Gasteiger partial charge on any atom is -0.330 e. The Morgan fingerprint density at radius 2 is 1.30 bits per heavy atom. The molecule has 0 amide bonds. The van der Waals surface area contributed by atoms with E-state index in [1.165, 1.54) is 36.8 Å². The zero-order chi connectivity index (χ0) is 16.2. The second-order valence-electron chi connectivity index (χ2n) is 6.26. The summed E-state index contributed by atoms with van der Waals surface area (Å²) in [6.45, 7) is 2.90. The van der Waals surface area contributed by atoms with Gasteiger partial charge in [0, 0.05) is 0 Å². The molecule has 2 nitrogen and oxygen atoms in total. The maximum absolute atomic E-state index is 5.57. The predicted molar refractivity (Wildman–Crippen MR) is 99.6 cm³/mol. The lowest BCUT2D eigenvalue weighted by Gasteiger charge is -2.18. The van der Waals surface area contributed by atoms with E-state index in [-0.39, 0.29) is 0 Å². The van der Waals surface area contributed by atoms with Crippen LogP contribution < -0.4 is 11.1 Å². The van der Waals surface area contributed by atoms with Crippen molar-refractivity contribution < 1.29 is 0 Å². The van der Waals surface area contributed by atoms with Crippen LogP contribution in [0.15, 0.2) is 60.7 Å². The van der Waals surface area contributed by atoms with Gasteiger partial charge in [-0.15, -0.1) is 0 Å². The quantitative estimate of drug-likeness (QED) is 0.619. The maximum Gasteiger partial charge on any atom is -0.00203 e. The summed E-state index contributed by atoms with van der Waals surface area (Å²) in [5.41, 5.74) is 8.46. The summed E-state index contributed by atoms with van der Waals surface area (Å²) >= 11 is 0. The number of hydrogen-bond donors (Lipinski definition) is 2. The first kappa shape index (κ1) is 17.7. The fourth-order valence-corrected chi connectivity index (χ4v) is 2.91. The van der Waals surface area contributed by atoms with Crippen molar-refractivity contribution in [3.8, 4) is 0 Å². The molecule has 0 radical (unpaired) electrons. The van der Waals surface area contributed by atoms with Crippen molar-refractivity contribution in [2.75, 3.05) is 19.6 Å². The van der Waals surface area contributed by atoms with E-state index in [1.807, 2.05) is 0 Å². The van der Waals surface area contributed by atoms with Crippen molar-refractivity contribution in [2.24, 2.45) is 11.7 Å². The van der Waals surface area contributed by atoms with Crippen LogP contribution in [0.1, 0.15) is 30.4 Å². The van der Waals surface area contributed by atoms with Gasteiger partial charge in [-0.05, 0) is 68.8 Å². The maximum atomic E-state index is 5.57. The van der Waals surface area contributed by atoms with E-state index in [0.717, 1.165) is 26.1 Å². The van der Waals surface area contributed by atoms with Crippen LogP contribution in [0.5, 0.6) is 0 Å². The summed E-state index contributed by atoms with van der Waals surface area (Å²) in [6, 6.07) is 21.6. The van der Waals surface area contributed by atoms with Gasteiger partial charge < -0.3 is 11.1 Å². The topological polar surface area (TPSA) is 38.0 Å². The van der Waals surface area contributed by atoms with Crippen molar-refractivity contribution in [3.63, 3.8) is 0 Å². The van der Waals surface area contributed by atoms with E-state index in [0.29, 0.717) is 5.92 Å². The largest absolute Gasteiger partial charge is 0.330 e. The number of nitrogens with one attached hydrogen (secondary N) is 1. The lowest BCUT2D eigenvalue weighted by atomic mass is 9.93. The van der Waals surface area contributed by atoms with Crippen LogP contribution in [0.2, 0.25) is 0 Å². The van der Waals surface area contributed by atoms with Crippen LogP contribution in [-0.2, 0) is 12.8 Å². The average molecular weight is 310 g/mol. The Morgan fingerprint density at radius 3 is 1.78 bits per heavy atom. The lowest BCUT2D eigenvalue weighted by Crippen LogP contribution is -2.26. The van der Waals surface area contributed by atoms with E-state index >= 15 is 0 Å². The molecule has 0 aliphatic rings. The minimum absolute atomic E-state index is 0.716. The van der Waals surface area contributed by atoms with Crippen LogP contribution in [-0.4, -0.2) is 19.6 Å². The highest BCUT2D eigenvalue weighted by Gasteiger charge is 2.09. The normalized spacial score (nSPS) is 11.0. The Hall–Kier alpha value is -1.64. The highest BCUT2D eigenvalue weighted by Crippen LogP contribution is 2.16. The van der Waals surface area contributed by atoms with Gasteiger partial charge in [-0.2, -0.15) is 0 Å². The van der Waals surface area contributed by atoms with Crippen molar-refractivity contribution >= 4 is 0 Å². The summed E-state index contributed by atoms with van der Waals surface area (Å²) in [5.74, 6) is 0.716. The molecule has 0 saturated carbocycles. The molecule has 0 spiro atoms.